The molecule has 0 radical (unpaired) electrons. The molecule has 2 heterocycles. The Morgan fingerprint density at radius 3 is 2.92 bits per heavy atom. The van der Waals surface area contributed by atoms with E-state index in [1.807, 2.05) is 12.1 Å². The molecule has 7 nitrogen and oxygen atoms in total. The van der Waals surface area contributed by atoms with E-state index in [-0.39, 0.29) is 0 Å². The largest absolute Gasteiger partial charge is 0.296 e. The van der Waals surface area contributed by atoms with Gasteiger partial charge in [0.1, 0.15) is 5.69 Å². The van der Waals surface area contributed by atoms with Gasteiger partial charge in [-0.05, 0) is 23.2 Å². The Morgan fingerprint density at radius 2 is 2.20 bits per heavy atom. The van der Waals surface area contributed by atoms with E-state index in [4.69, 9.17) is 28.7 Å². The first-order valence-corrected chi connectivity index (χ1v) is 8.59. The molecule has 1 aromatic carbocycles. The van der Waals surface area contributed by atoms with Gasteiger partial charge in [0.25, 0.3) is 0 Å². The fourth-order valence-corrected chi connectivity index (χ4v) is 3.39. The molecule has 130 valence electrons. The summed E-state index contributed by atoms with van der Waals surface area (Å²) >= 11 is 12.0. The molecule has 0 amide bonds. The van der Waals surface area contributed by atoms with Gasteiger partial charge >= 0.3 is 0 Å². The van der Waals surface area contributed by atoms with Crippen molar-refractivity contribution in [3.63, 3.8) is 0 Å². The smallest absolute Gasteiger partial charge is 0.170 e. The van der Waals surface area contributed by atoms with Crippen molar-refractivity contribution in [2.24, 2.45) is 5.11 Å². The summed E-state index contributed by atoms with van der Waals surface area (Å²) in [6, 6.07) is 5.61. The summed E-state index contributed by atoms with van der Waals surface area (Å²) in [5, 5.41) is 8.96. The Labute approximate surface area is 154 Å². The quantitative estimate of drug-likeness (QED) is 0.330. The lowest BCUT2D eigenvalue weighted by atomic mass is 10.0. The zero-order valence-corrected chi connectivity index (χ0v) is 14.9. The predicted octanol–water partition coefficient (Wildman–Crippen LogP) is 3.87. The van der Waals surface area contributed by atoms with Gasteiger partial charge in [-0.25, -0.2) is 0 Å². The van der Waals surface area contributed by atoms with Crippen molar-refractivity contribution in [3.05, 3.63) is 61.2 Å². The van der Waals surface area contributed by atoms with E-state index < -0.39 is 0 Å². The number of carbonyl (C=O) groups excluding carboxylic acids is 1. The average molecular weight is 379 g/mol. The molecule has 0 spiro atoms. The number of rotatable bonds is 6. The number of hydrogen-bond donors (Lipinski definition) is 0. The van der Waals surface area contributed by atoms with Crippen molar-refractivity contribution in [3.8, 4) is 0 Å². The fraction of sp³-hybridized carbons (Fsp3) is 0.375. The van der Waals surface area contributed by atoms with E-state index in [1.165, 1.54) is 0 Å². The maximum absolute atomic E-state index is 11.4. The number of nitrogens with zero attached hydrogens (tertiary/aromatic N) is 6. The number of aldehydes is 1. The summed E-state index contributed by atoms with van der Waals surface area (Å²) in [7, 11) is 0. The van der Waals surface area contributed by atoms with E-state index in [0.717, 1.165) is 42.6 Å². The minimum atomic E-state index is 0.315. The maximum Gasteiger partial charge on any atom is 0.170 e. The Balaban J connectivity index is 1.77. The number of hydrogen-bond acceptors (Lipinski definition) is 4. The van der Waals surface area contributed by atoms with Crippen LogP contribution < -0.4 is 0 Å². The van der Waals surface area contributed by atoms with Crippen molar-refractivity contribution in [1.82, 2.24) is 14.7 Å². The average Bonchev–Trinajstić information content (AvgIpc) is 2.96. The number of fused-ring (bicyclic) bond motifs is 1. The van der Waals surface area contributed by atoms with Gasteiger partial charge in [-0.3, -0.25) is 14.4 Å². The summed E-state index contributed by atoms with van der Waals surface area (Å²) in [6.45, 7) is 3.01. The number of carbonyl (C=O) groups is 1. The Bertz CT molecular complexity index is 843. The standard InChI is InChI=1S/C16H16Cl2N6O/c17-13-2-1-11(7-14(13)18)8-23-5-3-16-12(9-23)15(10-25)21-24(16)6-4-20-22-19/h1-2,7,10H,3-6,8-9H2. The molecule has 3 rings (SSSR count). The normalized spacial score (nSPS) is 14.0. The number of benzene rings is 1. The summed E-state index contributed by atoms with van der Waals surface area (Å²) in [6.07, 6.45) is 1.57. The van der Waals surface area contributed by atoms with Gasteiger partial charge in [0.15, 0.2) is 6.29 Å². The Kier molecular flexibility index (Phi) is 5.60. The molecule has 1 aliphatic heterocycles. The molecule has 0 fully saturated rings. The zero-order chi connectivity index (χ0) is 17.8. The number of azide groups is 1. The molecule has 9 heteroatoms. The van der Waals surface area contributed by atoms with Gasteiger partial charge in [-0.2, -0.15) is 5.10 Å². The molecule has 0 atom stereocenters. The molecule has 1 aromatic heterocycles. The van der Waals surface area contributed by atoms with E-state index in [2.05, 4.69) is 20.0 Å². The Hall–Kier alpha value is -2.05. The van der Waals surface area contributed by atoms with Crippen molar-refractivity contribution < 1.29 is 4.79 Å². The van der Waals surface area contributed by atoms with E-state index >= 15 is 0 Å². The maximum atomic E-state index is 11.4. The first-order chi connectivity index (χ1) is 12.1. The third-order valence-electron chi connectivity index (χ3n) is 4.22. The lowest BCUT2D eigenvalue weighted by molar-refractivity contribution is 0.111. The first kappa shape index (κ1) is 17.8. The summed E-state index contributed by atoms with van der Waals surface area (Å²) in [4.78, 5) is 16.4. The summed E-state index contributed by atoms with van der Waals surface area (Å²) in [5.41, 5.74) is 11.9. The highest BCUT2D eigenvalue weighted by Gasteiger charge is 2.24. The molecule has 25 heavy (non-hydrogen) atoms. The minimum Gasteiger partial charge on any atom is -0.296 e. The number of halogens is 2. The van der Waals surface area contributed by atoms with Crippen molar-refractivity contribution >= 4 is 29.5 Å². The molecule has 2 aromatic rings. The monoisotopic (exact) mass is 378 g/mol. The van der Waals surface area contributed by atoms with E-state index in [0.29, 0.717) is 35.4 Å². The molecular weight excluding hydrogens is 363 g/mol. The van der Waals surface area contributed by atoms with Crippen LogP contribution in [-0.2, 0) is 26.1 Å². The first-order valence-electron chi connectivity index (χ1n) is 7.83. The molecule has 0 N–H and O–H groups in total. The molecule has 0 saturated carbocycles. The molecule has 0 saturated heterocycles. The van der Waals surface area contributed by atoms with Crippen molar-refractivity contribution in [2.75, 3.05) is 13.1 Å². The molecular formula is C16H16Cl2N6O. The van der Waals surface area contributed by atoms with E-state index in [9.17, 15) is 4.79 Å². The fourth-order valence-electron chi connectivity index (χ4n) is 3.07. The molecule has 0 aliphatic carbocycles. The molecule has 0 bridgehead atoms. The van der Waals surface area contributed by atoms with Crippen LogP contribution in [0, 0.1) is 0 Å². The molecule has 1 aliphatic rings. The minimum absolute atomic E-state index is 0.315. The summed E-state index contributed by atoms with van der Waals surface area (Å²) < 4.78 is 1.78. The predicted molar refractivity (Wildman–Crippen MR) is 95.9 cm³/mol. The van der Waals surface area contributed by atoms with Gasteiger partial charge in [-0.1, -0.05) is 34.4 Å². The van der Waals surface area contributed by atoms with E-state index in [1.54, 1.807) is 10.7 Å². The van der Waals surface area contributed by atoms with Crippen LogP contribution in [0.25, 0.3) is 10.4 Å². The van der Waals surface area contributed by atoms with Gasteiger partial charge in [-0.15, -0.1) is 0 Å². The highest BCUT2D eigenvalue weighted by molar-refractivity contribution is 6.42. The van der Waals surface area contributed by atoms with Crippen LogP contribution in [0.2, 0.25) is 10.0 Å². The van der Waals surface area contributed by atoms with Crippen LogP contribution in [0.4, 0.5) is 0 Å². The summed E-state index contributed by atoms with van der Waals surface area (Å²) in [5.74, 6) is 0. The zero-order valence-electron chi connectivity index (χ0n) is 13.4. The number of aromatic nitrogens is 2. The topological polar surface area (TPSA) is 86.9 Å². The second-order valence-corrected chi connectivity index (χ2v) is 6.63. The van der Waals surface area contributed by atoms with Gasteiger partial charge in [0, 0.05) is 55.3 Å². The lowest BCUT2D eigenvalue weighted by Crippen LogP contribution is -2.31. The third-order valence-corrected chi connectivity index (χ3v) is 4.96. The highest BCUT2D eigenvalue weighted by Crippen LogP contribution is 2.26. The van der Waals surface area contributed by atoms with Crippen LogP contribution in [0.3, 0.4) is 0 Å². The van der Waals surface area contributed by atoms with Gasteiger partial charge in [0.2, 0.25) is 0 Å². The van der Waals surface area contributed by atoms with Crippen molar-refractivity contribution in [1.29, 1.82) is 0 Å². The Morgan fingerprint density at radius 1 is 1.36 bits per heavy atom. The SMILES string of the molecule is [N-]=[N+]=NCCn1nc(C=O)c2c1CCN(Cc1ccc(Cl)c(Cl)c1)C2. The van der Waals surface area contributed by atoms with Crippen LogP contribution in [0.5, 0.6) is 0 Å². The second kappa shape index (κ2) is 7.89. The van der Waals surface area contributed by atoms with Crippen molar-refractivity contribution in [2.45, 2.75) is 26.1 Å². The molecule has 0 unspecified atom stereocenters. The van der Waals surface area contributed by atoms with Crippen LogP contribution in [-0.4, -0.2) is 34.1 Å². The van der Waals surface area contributed by atoms with Gasteiger partial charge in [0.05, 0.1) is 10.0 Å². The van der Waals surface area contributed by atoms with Crippen LogP contribution in [0.1, 0.15) is 27.3 Å². The van der Waals surface area contributed by atoms with Crippen LogP contribution >= 0.6 is 23.2 Å². The third kappa shape index (κ3) is 3.96. The lowest BCUT2D eigenvalue weighted by Gasteiger charge is -2.27. The van der Waals surface area contributed by atoms with Gasteiger partial charge < -0.3 is 0 Å². The van der Waals surface area contributed by atoms with Crippen LogP contribution in [0.15, 0.2) is 23.3 Å². The highest BCUT2D eigenvalue weighted by atomic mass is 35.5. The second-order valence-electron chi connectivity index (χ2n) is 5.82.